The first-order valence-corrected chi connectivity index (χ1v) is 9.18. The number of piperazine rings is 1. The van der Waals surface area contributed by atoms with Crippen LogP contribution >= 0.6 is 11.3 Å². The molecule has 0 spiro atoms. The van der Waals surface area contributed by atoms with Gasteiger partial charge in [0.2, 0.25) is 0 Å². The minimum absolute atomic E-state index is 0.397. The molecular weight excluding hydrogens is 278 g/mol. The molecule has 2 N–H and O–H groups in total. The second-order valence-electron chi connectivity index (χ2n) is 6.81. The summed E-state index contributed by atoms with van der Waals surface area (Å²) in [6.45, 7) is 11.3. The summed E-state index contributed by atoms with van der Waals surface area (Å²) in [4.78, 5) is 8.25. The molecule has 2 saturated heterocycles. The van der Waals surface area contributed by atoms with Gasteiger partial charge >= 0.3 is 0 Å². The Morgan fingerprint density at radius 3 is 2.81 bits per heavy atom. The van der Waals surface area contributed by atoms with Crippen molar-refractivity contribution in [1.29, 1.82) is 0 Å². The van der Waals surface area contributed by atoms with Crippen molar-refractivity contribution in [2.24, 2.45) is 5.73 Å². The molecule has 3 rings (SSSR count). The van der Waals surface area contributed by atoms with Gasteiger partial charge in [0.1, 0.15) is 0 Å². The van der Waals surface area contributed by atoms with Crippen molar-refractivity contribution in [3.8, 4) is 0 Å². The first kappa shape index (κ1) is 15.5. The highest BCUT2D eigenvalue weighted by atomic mass is 32.1. The number of fused-ring (bicyclic) bond motifs is 1. The molecule has 118 valence electrons. The van der Waals surface area contributed by atoms with Crippen molar-refractivity contribution >= 4 is 11.3 Å². The average Bonchev–Trinajstić information content (AvgIpc) is 2.79. The molecule has 0 radical (unpaired) electrons. The quantitative estimate of drug-likeness (QED) is 0.932. The van der Waals surface area contributed by atoms with Crippen molar-refractivity contribution in [3.63, 3.8) is 0 Å². The second-order valence-corrected chi connectivity index (χ2v) is 8.27. The van der Waals surface area contributed by atoms with E-state index in [0.29, 0.717) is 12.1 Å². The van der Waals surface area contributed by atoms with E-state index in [9.17, 15) is 0 Å². The standard InChI is InChI=1S/C17H29N3S/c1-12-10-19-7-5-4-6-15(19)11-20(12)17(9-18)16-8-13(2)21-14(16)3/h8,12,15,17H,4-7,9-11,18H2,1-3H3. The lowest BCUT2D eigenvalue weighted by Gasteiger charge is -2.50. The zero-order valence-corrected chi connectivity index (χ0v) is 14.5. The van der Waals surface area contributed by atoms with E-state index in [2.05, 4.69) is 36.6 Å². The lowest BCUT2D eigenvalue weighted by atomic mass is 9.94. The molecule has 21 heavy (non-hydrogen) atoms. The summed E-state index contributed by atoms with van der Waals surface area (Å²) in [5, 5.41) is 0. The van der Waals surface area contributed by atoms with Crippen molar-refractivity contribution in [1.82, 2.24) is 9.80 Å². The van der Waals surface area contributed by atoms with Crippen LogP contribution in [0.1, 0.15) is 47.5 Å². The predicted octanol–water partition coefficient (Wildman–Crippen LogP) is 2.92. The molecule has 0 saturated carbocycles. The van der Waals surface area contributed by atoms with Gasteiger partial charge in [0.25, 0.3) is 0 Å². The molecule has 0 amide bonds. The monoisotopic (exact) mass is 307 g/mol. The fourth-order valence-electron chi connectivity index (χ4n) is 4.23. The number of aryl methyl sites for hydroxylation is 2. The van der Waals surface area contributed by atoms with E-state index in [-0.39, 0.29) is 0 Å². The molecule has 3 heterocycles. The van der Waals surface area contributed by atoms with Gasteiger partial charge in [0, 0.05) is 47.5 Å². The first-order chi connectivity index (χ1) is 10.1. The van der Waals surface area contributed by atoms with Crippen molar-refractivity contribution in [2.75, 3.05) is 26.2 Å². The van der Waals surface area contributed by atoms with Gasteiger partial charge in [-0.2, -0.15) is 0 Å². The topological polar surface area (TPSA) is 32.5 Å². The Labute approximate surface area is 133 Å². The van der Waals surface area contributed by atoms with Crippen LogP contribution in [0, 0.1) is 13.8 Å². The molecule has 2 fully saturated rings. The molecule has 3 nitrogen and oxygen atoms in total. The highest BCUT2D eigenvalue weighted by Gasteiger charge is 2.36. The van der Waals surface area contributed by atoms with Gasteiger partial charge in [-0.15, -0.1) is 11.3 Å². The summed E-state index contributed by atoms with van der Waals surface area (Å²) in [5.41, 5.74) is 7.66. The summed E-state index contributed by atoms with van der Waals surface area (Å²) < 4.78 is 0. The third kappa shape index (κ3) is 3.04. The van der Waals surface area contributed by atoms with Gasteiger partial charge in [-0.25, -0.2) is 0 Å². The number of thiophene rings is 1. The van der Waals surface area contributed by atoms with Crippen molar-refractivity contribution in [2.45, 2.75) is 58.2 Å². The SMILES string of the molecule is Cc1cc(C(CN)N2CC3CCCCN3CC2C)c(C)s1. The van der Waals surface area contributed by atoms with E-state index in [0.717, 1.165) is 12.6 Å². The fourth-order valence-corrected chi connectivity index (χ4v) is 5.21. The number of piperidine rings is 1. The zero-order valence-electron chi connectivity index (χ0n) is 13.6. The first-order valence-electron chi connectivity index (χ1n) is 8.37. The Morgan fingerprint density at radius 2 is 2.14 bits per heavy atom. The fraction of sp³-hybridized carbons (Fsp3) is 0.765. The van der Waals surface area contributed by atoms with Crippen LogP contribution < -0.4 is 5.73 Å². The van der Waals surface area contributed by atoms with Gasteiger partial charge in [-0.1, -0.05) is 6.42 Å². The second kappa shape index (κ2) is 6.37. The molecule has 2 aliphatic rings. The Bertz CT molecular complexity index is 484. The number of rotatable bonds is 3. The smallest absolute Gasteiger partial charge is 0.0485 e. The van der Waals surface area contributed by atoms with Crippen molar-refractivity contribution < 1.29 is 0 Å². The third-order valence-electron chi connectivity index (χ3n) is 5.30. The Kier molecular flexibility index (Phi) is 4.69. The molecule has 1 aromatic heterocycles. The average molecular weight is 308 g/mol. The predicted molar refractivity (Wildman–Crippen MR) is 91.0 cm³/mol. The Hall–Kier alpha value is -0.420. The number of hydrogen-bond donors (Lipinski definition) is 1. The summed E-state index contributed by atoms with van der Waals surface area (Å²) in [6, 6.07) is 4.11. The van der Waals surface area contributed by atoms with E-state index < -0.39 is 0 Å². The lowest BCUT2D eigenvalue weighted by molar-refractivity contribution is -0.00669. The summed E-state index contributed by atoms with van der Waals surface area (Å²) in [7, 11) is 0. The van der Waals surface area contributed by atoms with E-state index >= 15 is 0 Å². The molecule has 2 aliphatic heterocycles. The number of nitrogens with zero attached hydrogens (tertiary/aromatic N) is 2. The highest BCUT2D eigenvalue weighted by Crippen LogP contribution is 2.34. The summed E-state index contributed by atoms with van der Waals surface area (Å²) in [6.07, 6.45) is 4.14. The summed E-state index contributed by atoms with van der Waals surface area (Å²) >= 11 is 1.91. The maximum absolute atomic E-state index is 6.19. The van der Waals surface area contributed by atoms with Crippen LogP contribution in [0.2, 0.25) is 0 Å². The summed E-state index contributed by atoms with van der Waals surface area (Å²) in [5.74, 6) is 0. The third-order valence-corrected chi connectivity index (χ3v) is 6.28. The van der Waals surface area contributed by atoms with Crippen LogP contribution in [0.5, 0.6) is 0 Å². The Morgan fingerprint density at radius 1 is 1.33 bits per heavy atom. The van der Waals surface area contributed by atoms with Gasteiger partial charge in [-0.05, 0) is 51.8 Å². The maximum Gasteiger partial charge on any atom is 0.0485 e. The molecular formula is C17H29N3S. The van der Waals surface area contributed by atoms with E-state index in [1.165, 1.54) is 54.2 Å². The van der Waals surface area contributed by atoms with E-state index in [4.69, 9.17) is 5.73 Å². The minimum Gasteiger partial charge on any atom is -0.329 e. The normalized spacial score (nSPS) is 29.3. The molecule has 0 bridgehead atoms. The zero-order chi connectivity index (χ0) is 15.0. The molecule has 3 atom stereocenters. The number of hydrogen-bond acceptors (Lipinski definition) is 4. The van der Waals surface area contributed by atoms with Gasteiger partial charge < -0.3 is 5.73 Å². The lowest BCUT2D eigenvalue weighted by Crippen LogP contribution is -2.60. The molecule has 1 aromatic rings. The maximum atomic E-state index is 6.19. The largest absolute Gasteiger partial charge is 0.329 e. The van der Waals surface area contributed by atoms with Crippen LogP contribution in [0.4, 0.5) is 0 Å². The molecule has 4 heteroatoms. The Balaban J connectivity index is 1.81. The molecule has 3 unspecified atom stereocenters. The van der Waals surface area contributed by atoms with Gasteiger partial charge in [0.05, 0.1) is 0 Å². The van der Waals surface area contributed by atoms with Crippen LogP contribution in [0.25, 0.3) is 0 Å². The van der Waals surface area contributed by atoms with Crippen LogP contribution in [-0.4, -0.2) is 48.1 Å². The van der Waals surface area contributed by atoms with Gasteiger partial charge in [-0.3, -0.25) is 9.80 Å². The van der Waals surface area contributed by atoms with Crippen LogP contribution in [0.3, 0.4) is 0 Å². The van der Waals surface area contributed by atoms with Crippen molar-refractivity contribution in [3.05, 3.63) is 21.4 Å². The minimum atomic E-state index is 0.397. The number of nitrogens with two attached hydrogens (primary N) is 1. The molecule has 0 aliphatic carbocycles. The van der Waals surface area contributed by atoms with Crippen LogP contribution in [0.15, 0.2) is 6.07 Å². The van der Waals surface area contributed by atoms with E-state index in [1.807, 2.05) is 11.3 Å². The van der Waals surface area contributed by atoms with Gasteiger partial charge in [0.15, 0.2) is 0 Å². The highest BCUT2D eigenvalue weighted by molar-refractivity contribution is 7.12. The molecule has 0 aromatic carbocycles. The van der Waals surface area contributed by atoms with Crippen LogP contribution in [-0.2, 0) is 0 Å². The van der Waals surface area contributed by atoms with E-state index in [1.54, 1.807) is 0 Å².